The zero-order valence-corrected chi connectivity index (χ0v) is 27.8. The molecule has 2 bridgehead atoms. The quantitative estimate of drug-likeness (QED) is 0.373. The Balaban J connectivity index is 1.43. The van der Waals surface area contributed by atoms with Crippen LogP contribution in [0.3, 0.4) is 0 Å². The molecule has 1 fully saturated rings. The van der Waals surface area contributed by atoms with Gasteiger partial charge in [-0.25, -0.2) is 4.21 Å². The fraction of sp³-hybridized carbons (Fsp3) is 0.543. The van der Waals surface area contributed by atoms with Crippen LogP contribution in [-0.4, -0.2) is 54.7 Å². The molecule has 45 heavy (non-hydrogen) atoms. The SMILES string of the molecule is CCC(=O)NS1(=O)=NC(=O)c2ccc3c(c2)N(C[C@@H]2CC[C@H]2C(OC)/C=C/CCCC1)C[C@@]1(CCCc2cc(Cl)ccc21)CO3. The van der Waals surface area contributed by atoms with Gasteiger partial charge in [0.1, 0.15) is 15.7 Å². The number of carbonyl (C=O) groups is 2. The predicted molar refractivity (Wildman–Crippen MR) is 178 cm³/mol. The number of nitrogens with zero attached hydrogens (tertiary/aromatic N) is 2. The number of rotatable bonds is 3. The first-order valence-electron chi connectivity index (χ1n) is 16.3. The van der Waals surface area contributed by atoms with Gasteiger partial charge in [-0.2, -0.15) is 0 Å². The summed E-state index contributed by atoms with van der Waals surface area (Å²) in [6.45, 7) is 3.76. The van der Waals surface area contributed by atoms with Gasteiger partial charge in [0.2, 0.25) is 5.91 Å². The number of ether oxygens (including phenoxy) is 2. The monoisotopic (exact) mass is 653 g/mol. The number of anilines is 1. The summed E-state index contributed by atoms with van der Waals surface area (Å²) in [4.78, 5) is 28.3. The smallest absolute Gasteiger partial charge is 0.286 e. The van der Waals surface area contributed by atoms with Crippen molar-refractivity contribution in [1.82, 2.24) is 4.72 Å². The molecule has 0 saturated heterocycles. The first kappa shape index (κ1) is 32.1. The second-order valence-electron chi connectivity index (χ2n) is 13.0. The molecule has 2 aromatic rings. The zero-order valence-electron chi connectivity index (χ0n) is 26.3. The predicted octanol–water partition coefficient (Wildman–Crippen LogP) is 6.64. The van der Waals surface area contributed by atoms with Crippen LogP contribution in [0.4, 0.5) is 5.69 Å². The molecule has 1 saturated carbocycles. The summed E-state index contributed by atoms with van der Waals surface area (Å²) in [5.41, 5.74) is 3.51. The van der Waals surface area contributed by atoms with Crippen molar-refractivity contribution < 1.29 is 23.3 Å². The van der Waals surface area contributed by atoms with Crippen LogP contribution in [0.1, 0.15) is 79.8 Å². The lowest BCUT2D eigenvalue weighted by molar-refractivity contribution is -0.118. The van der Waals surface area contributed by atoms with E-state index in [1.165, 1.54) is 11.1 Å². The van der Waals surface area contributed by atoms with Crippen LogP contribution in [0.25, 0.3) is 0 Å². The highest BCUT2D eigenvalue weighted by Gasteiger charge is 2.44. The number of allylic oxidation sites excluding steroid dienone is 1. The van der Waals surface area contributed by atoms with E-state index in [0.29, 0.717) is 30.4 Å². The van der Waals surface area contributed by atoms with Crippen LogP contribution in [0.2, 0.25) is 5.02 Å². The van der Waals surface area contributed by atoms with E-state index in [2.05, 4.69) is 38.3 Å². The minimum Gasteiger partial charge on any atom is -0.490 e. The van der Waals surface area contributed by atoms with Gasteiger partial charge in [0, 0.05) is 42.6 Å². The number of methoxy groups -OCH3 is 1. The van der Waals surface area contributed by atoms with Crippen molar-refractivity contribution >= 4 is 39.0 Å². The molecule has 6 rings (SSSR count). The molecule has 2 unspecified atom stereocenters. The number of carbonyl (C=O) groups excluding carboxylic acids is 2. The summed E-state index contributed by atoms with van der Waals surface area (Å²) >= 11 is 6.43. The maximum Gasteiger partial charge on any atom is 0.286 e. The molecule has 4 aliphatic rings. The van der Waals surface area contributed by atoms with Crippen molar-refractivity contribution in [2.24, 2.45) is 16.2 Å². The molecule has 8 nitrogen and oxygen atoms in total. The van der Waals surface area contributed by atoms with Crippen molar-refractivity contribution in [1.29, 1.82) is 0 Å². The fourth-order valence-electron chi connectivity index (χ4n) is 7.53. The highest BCUT2D eigenvalue weighted by Crippen LogP contribution is 2.47. The Morgan fingerprint density at radius 3 is 2.84 bits per heavy atom. The highest BCUT2D eigenvalue weighted by atomic mass is 35.5. The maximum atomic E-state index is 13.8. The summed E-state index contributed by atoms with van der Waals surface area (Å²) in [6, 6.07) is 11.6. The lowest BCUT2D eigenvalue weighted by atomic mass is 9.68. The summed E-state index contributed by atoms with van der Waals surface area (Å²) in [5.74, 6) is 0.663. The van der Waals surface area contributed by atoms with E-state index >= 15 is 0 Å². The van der Waals surface area contributed by atoms with Gasteiger partial charge >= 0.3 is 0 Å². The molecular formula is C35H44ClN3O5S. The van der Waals surface area contributed by atoms with Gasteiger partial charge in [-0.1, -0.05) is 36.7 Å². The van der Waals surface area contributed by atoms with E-state index in [4.69, 9.17) is 21.1 Å². The average molecular weight is 654 g/mol. The summed E-state index contributed by atoms with van der Waals surface area (Å²) in [6.07, 6.45) is 11.9. The molecule has 2 amide bonds. The third-order valence-electron chi connectivity index (χ3n) is 10.1. The summed E-state index contributed by atoms with van der Waals surface area (Å²) in [7, 11) is -1.50. The van der Waals surface area contributed by atoms with Crippen LogP contribution in [-0.2, 0) is 31.3 Å². The van der Waals surface area contributed by atoms with Crippen molar-refractivity contribution in [3.8, 4) is 5.75 Å². The number of hydrogen-bond donors (Lipinski definition) is 1. The maximum absolute atomic E-state index is 13.8. The van der Waals surface area contributed by atoms with Gasteiger partial charge in [0.15, 0.2) is 0 Å². The van der Waals surface area contributed by atoms with Crippen molar-refractivity contribution in [3.63, 3.8) is 0 Å². The highest BCUT2D eigenvalue weighted by molar-refractivity contribution is 7.92. The Morgan fingerprint density at radius 1 is 1.20 bits per heavy atom. The Hall–Kier alpha value is -2.88. The zero-order chi connectivity index (χ0) is 31.6. The lowest BCUT2D eigenvalue weighted by Crippen LogP contribution is -2.49. The Kier molecular flexibility index (Phi) is 9.60. The van der Waals surface area contributed by atoms with Gasteiger partial charge in [-0.3, -0.25) is 14.3 Å². The van der Waals surface area contributed by atoms with E-state index in [1.807, 2.05) is 18.2 Å². The van der Waals surface area contributed by atoms with Crippen LogP contribution < -0.4 is 14.4 Å². The van der Waals surface area contributed by atoms with Crippen LogP contribution >= 0.6 is 11.6 Å². The van der Waals surface area contributed by atoms with Crippen LogP contribution in [0.15, 0.2) is 52.9 Å². The fourth-order valence-corrected chi connectivity index (χ4v) is 9.43. The number of halogens is 1. The van der Waals surface area contributed by atoms with E-state index in [9.17, 15) is 13.8 Å². The van der Waals surface area contributed by atoms with Gasteiger partial charge < -0.3 is 14.4 Å². The van der Waals surface area contributed by atoms with Crippen LogP contribution in [0, 0.1) is 11.8 Å². The van der Waals surface area contributed by atoms with Crippen molar-refractivity contribution in [2.75, 3.05) is 37.5 Å². The van der Waals surface area contributed by atoms with E-state index < -0.39 is 15.8 Å². The number of hydrogen-bond acceptors (Lipinski definition) is 6. The standard InChI is InChI=1S/C35H44ClN3O5S/c1-3-33(40)37-45(42)18-7-5-4-6-10-31(43-2)28-14-11-26(28)21-39-22-35(17-8-9-24-19-27(36)13-15-29(24)35)23-44-32-16-12-25(20-30(32)39)34(41)38-45/h6,10,12-13,15-16,19-20,26,28,31H,3-5,7-9,11,14,17-18,21-23H2,1-2H3,(H,37,38,40,41,42)/b10-6+/t26-,28+,31?,35-,45?/m0/s1. The second kappa shape index (κ2) is 13.5. The minimum absolute atomic E-state index is 0.0182. The first-order chi connectivity index (χ1) is 21.7. The van der Waals surface area contributed by atoms with E-state index in [-0.39, 0.29) is 29.6 Å². The molecule has 10 heteroatoms. The summed E-state index contributed by atoms with van der Waals surface area (Å²) < 4.78 is 33.2. The lowest BCUT2D eigenvalue weighted by Gasteiger charge is -2.46. The Labute approximate surface area is 272 Å². The number of nitrogens with one attached hydrogen (secondary N) is 1. The first-order valence-corrected chi connectivity index (χ1v) is 18.4. The van der Waals surface area contributed by atoms with Crippen molar-refractivity contribution in [3.05, 3.63) is 70.3 Å². The average Bonchev–Trinajstić information content (AvgIpc) is 3.16. The molecule has 2 heterocycles. The molecule has 2 aliphatic carbocycles. The van der Waals surface area contributed by atoms with E-state index in [1.54, 1.807) is 20.1 Å². The van der Waals surface area contributed by atoms with Gasteiger partial charge in [-0.15, -0.1) is 4.36 Å². The normalized spacial score (nSPS) is 30.8. The number of benzene rings is 2. The largest absolute Gasteiger partial charge is 0.490 e. The molecule has 242 valence electrons. The van der Waals surface area contributed by atoms with Gasteiger partial charge in [0.25, 0.3) is 5.91 Å². The summed E-state index contributed by atoms with van der Waals surface area (Å²) in [5, 5.41) is 0.749. The molecule has 2 aromatic carbocycles. The minimum atomic E-state index is -3.29. The van der Waals surface area contributed by atoms with Gasteiger partial charge in [-0.05, 0) is 105 Å². The van der Waals surface area contributed by atoms with Crippen LogP contribution in [0.5, 0.6) is 5.75 Å². The molecule has 0 aromatic heterocycles. The Bertz CT molecular complexity index is 1600. The molecule has 1 N–H and O–H groups in total. The third-order valence-corrected chi connectivity index (χ3v) is 12.2. The molecule has 2 aliphatic heterocycles. The molecule has 1 spiro atoms. The molecule has 0 radical (unpaired) electrons. The van der Waals surface area contributed by atoms with Gasteiger partial charge in [0.05, 0.1) is 24.2 Å². The molecular weight excluding hydrogens is 610 g/mol. The number of aryl methyl sites for hydroxylation is 1. The Morgan fingerprint density at radius 2 is 2.07 bits per heavy atom. The third kappa shape index (κ3) is 6.81. The number of fused-ring (bicyclic) bond motifs is 4. The second-order valence-corrected chi connectivity index (χ2v) is 15.5. The van der Waals surface area contributed by atoms with Crippen molar-refractivity contribution in [2.45, 2.75) is 76.2 Å². The van der Waals surface area contributed by atoms with E-state index in [0.717, 1.165) is 74.5 Å². The molecule has 5 atom stereocenters. The topological polar surface area (TPSA) is 97.3 Å². The number of amides is 2.